The van der Waals surface area contributed by atoms with Crippen molar-refractivity contribution in [1.29, 1.82) is 0 Å². The predicted octanol–water partition coefficient (Wildman–Crippen LogP) is 2.88. The Labute approximate surface area is 126 Å². The maximum Gasteiger partial charge on any atom is 0.240 e. The van der Waals surface area contributed by atoms with Gasteiger partial charge in [-0.25, -0.2) is 0 Å². The Balaban J connectivity index is 1.94. The minimum Gasteiger partial charge on any atom is -0.352 e. The highest BCUT2D eigenvalue weighted by atomic mass is 16.2. The van der Waals surface area contributed by atoms with E-state index in [0.29, 0.717) is 0 Å². The van der Waals surface area contributed by atoms with E-state index in [4.69, 9.17) is 0 Å². The summed E-state index contributed by atoms with van der Waals surface area (Å²) in [7, 11) is 0. The molecule has 1 aliphatic carbocycles. The minimum atomic E-state index is -0.114. The monoisotopic (exact) mass is 288 g/mol. The number of anilines is 1. The van der Waals surface area contributed by atoms with Crippen LogP contribution in [0.4, 0.5) is 5.69 Å². The molecule has 0 bridgehead atoms. The number of carbonyl (C=O) groups excluding carboxylic acids is 2. The summed E-state index contributed by atoms with van der Waals surface area (Å²) in [6, 6.07) is 9.60. The highest BCUT2D eigenvalue weighted by Gasteiger charge is 2.19. The quantitative estimate of drug-likeness (QED) is 0.866. The Morgan fingerprint density at radius 3 is 2.29 bits per heavy atom. The van der Waals surface area contributed by atoms with Crippen molar-refractivity contribution in [2.24, 2.45) is 0 Å². The van der Waals surface area contributed by atoms with E-state index in [9.17, 15) is 9.59 Å². The first-order chi connectivity index (χ1) is 10.2. The number of rotatable bonds is 4. The van der Waals surface area contributed by atoms with Crippen LogP contribution in [0.25, 0.3) is 0 Å². The molecule has 1 saturated carbocycles. The molecule has 1 fully saturated rings. The van der Waals surface area contributed by atoms with Crippen molar-refractivity contribution in [1.82, 2.24) is 5.32 Å². The van der Waals surface area contributed by atoms with E-state index in [1.54, 1.807) is 0 Å². The summed E-state index contributed by atoms with van der Waals surface area (Å²) in [6.45, 7) is 1.59. The number of benzene rings is 1. The van der Waals surface area contributed by atoms with Crippen LogP contribution in [0, 0.1) is 0 Å². The fourth-order valence-electron chi connectivity index (χ4n) is 2.83. The maximum atomic E-state index is 12.2. The van der Waals surface area contributed by atoms with Gasteiger partial charge < -0.3 is 10.2 Å². The van der Waals surface area contributed by atoms with Gasteiger partial charge in [0.25, 0.3) is 0 Å². The van der Waals surface area contributed by atoms with Crippen molar-refractivity contribution in [3.8, 4) is 0 Å². The summed E-state index contributed by atoms with van der Waals surface area (Å²) in [5.74, 6) is -0.182. The average Bonchev–Trinajstić information content (AvgIpc) is 2.74. The normalized spacial score (nSPS) is 16.0. The lowest BCUT2D eigenvalue weighted by Gasteiger charge is -2.23. The van der Waals surface area contributed by atoms with Crippen LogP contribution < -0.4 is 10.2 Å². The number of nitrogens with zero attached hydrogens (tertiary/aromatic N) is 1. The Morgan fingerprint density at radius 2 is 1.71 bits per heavy atom. The van der Waals surface area contributed by atoms with Gasteiger partial charge >= 0.3 is 0 Å². The number of amides is 2. The summed E-state index contributed by atoms with van der Waals surface area (Å²) in [5.41, 5.74) is 0.765. The second-order valence-corrected chi connectivity index (χ2v) is 5.70. The van der Waals surface area contributed by atoms with Crippen LogP contribution in [0.1, 0.15) is 45.4 Å². The van der Waals surface area contributed by atoms with E-state index in [1.165, 1.54) is 37.5 Å². The van der Waals surface area contributed by atoms with E-state index in [0.717, 1.165) is 18.5 Å². The predicted molar refractivity (Wildman–Crippen MR) is 84.1 cm³/mol. The van der Waals surface area contributed by atoms with Crippen LogP contribution in [-0.4, -0.2) is 24.4 Å². The highest BCUT2D eigenvalue weighted by molar-refractivity contribution is 5.97. The molecule has 21 heavy (non-hydrogen) atoms. The first kappa shape index (κ1) is 15.5. The molecule has 4 nitrogen and oxygen atoms in total. The number of nitrogens with one attached hydrogen (secondary N) is 1. The van der Waals surface area contributed by atoms with E-state index in [-0.39, 0.29) is 24.4 Å². The standard InChI is InChI=1S/C17H24N2O2/c1-14(20)19(16-11-7-4-8-12-16)13-17(21)18-15-9-5-2-3-6-10-15/h4,7-8,11-12,15H,2-3,5-6,9-10,13H2,1H3,(H,18,21). The molecule has 0 aliphatic heterocycles. The van der Waals surface area contributed by atoms with Gasteiger partial charge in [0.05, 0.1) is 0 Å². The van der Waals surface area contributed by atoms with Crippen molar-refractivity contribution >= 4 is 17.5 Å². The van der Waals surface area contributed by atoms with Crippen molar-refractivity contribution < 1.29 is 9.59 Å². The lowest BCUT2D eigenvalue weighted by atomic mass is 10.1. The van der Waals surface area contributed by atoms with Gasteiger partial charge in [0.1, 0.15) is 6.54 Å². The lowest BCUT2D eigenvalue weighted by Crippen LogP contribution is -2.43. The molecule has 0 spiro atoms. The zero-order chi connectivity index (χ0) is 15.1. The molecule has 2 amide bonds. The largest absolute Gasteiger partial charge is 0.352 e. The van der Waals surface area contributed by atoms with Crippen LogP contribution in [0.3, 0.4) is 0 Å². The van der Waals surface area contributed by atoms with Gasteiger partial charge in [-0.2, -0.15) is 0 Å². The molecular weight excluding hydrogens is 264 g/mol. The second kappa shape index (κ2) is 7.81. The third-order valence-electron chi connectivity index (χ3n) is 3.97. The molecule has 0 heterocycles. The van der Waals surface area contributed by atoms with E-state index in [2.05, 4.69) is 5.32 Å². The molecule has 1 N–H and O–H groups in total. The molecule has 0 saturated heterocycles. The summed E-state index contributed by atoms with van der Waals surface area (Å²) >= 11 is 0. The molecule has 0 radical (unpaired) electrons. The minimum absolute atomic E-state index is 0.0686. The Bertz CT molecular complexity index is 465. The number of carbonyl (C=O) groups is 2. The Morgan fingerprint density at radius 1 is 1.10 bits per heavy atom. The van der Waals surface area contributed by atoms with Crippen molar-refractivity contribution in [3.63, 3.8) is 0 Å². The zero-order valence-corrected chi connectivity index (χ0v) is 12.7. The third-order valence-corrected chi connectivity index (χ3v) is 3.97. The van der Waals surface area contributed by atoms with Crippen LogP contribution >= 0.6 is 0 Å². The number of hydrogen-bond donors (Lipinski definition) is 1. The Kier molecular flexibility index (Phi) is 5.78. The first-order valence-electron chi connectivity index (χ1n) is 7.79. The topological polar surface area (TPSA) is 49.4 Å². The fraction of sp³-hybridized carbons (Fsp3) is 0.529. The van der Waals surface area contributed by atoms with Gasteiger partial charge in [0.2, 0.25) is 11.8 Å². The van der Waals surface area contributed by atoms with Crippen LogP contribution in [0.2, 0.25) is 0 Å². The molecule has 0 unspecified atom stereocenters. The van der Waals surface area contributed by atoms with E-state index >= 15 is 0 Å². The second-order valence-electron chi connectivity index (χ2n) is 5.70. The number of hydrogen-bond acceptors (Lipinski definition) is 2. The summed E-state index contributed by atoms with van der Waals surface area (Å²) in [5, 5.41) is 3.08. The zero-order valence-electron chi connectivity index (χ0n) is 12.7. The molecule has 0 atom stereocenters. The molecular formula is C17H24N2O2. The van der Waals surface area contributed by atoms with Crippen molar-refractivity contribution in [2.45, 2.75) is 51.5 Å². The summed E-state index contributed by atoms with van der Waals surface area (Å²) in [4.78, 5) is 25.5. The smallest absolute Gasteiger partial charge is 0.240 e. The highest BCUT2D eigenvalue weighted by Crippen LogP contribution is 2.17. The van der Waals surface area contributed by atoms with E-state index < -0.39 is 0 Å². The molecule has 1 aromatic carbocycles. The van der Waals surface area contributed by atoms with Crippen molar-refractivity contribution in [3.05, 3.63) is 30.3 Å². The van der Waals surface area contributed by atoms with Gasteiger partial charge in [-0.05, 0) is 25.0 Å². The third kappa shape index (κ3) is 4.88. The fourth-order valence-corrected chi connectivity index (χ4v) is 2.83. The molecule has 1 aromatic rings. The summed E-state index contributed by atoms with van der Waals surface area (Å²) < 4.78 is 0. The first-order valence-corrected chi connectivity index (χ1v) is 7.79. The van der Waals surface area contributed by atoms with Gasteiger partial charge in [-0.15, -0.1) is 0 Å². The number of para-hydroxylation sites is 1. The maximum absolute atomic E-state index is 12.2. The van der Waals surface area contributed by atoms with Gasteiger partial charge in [-0.1, -0.05) is 43.9 Å². The van der Waals surface area contributed by atoms with Crippen LogP contribution in [0.5, 0.6) is 0 Å². The molecule has 1 aliphatic rings. The molecule has 114 valence electrons. The Hall–Kier alpha value is -1.84. The van der Waals surface area contributed by atoms with Crippen molar-refractivity contribution in [2.75, 3.05) is 11.4 Å². The van der Waals surface area contributed by atoms with Crippen LogP contribution in [-0.2, 0) is 9.59 Å². The van der Waals surface area contributed by atoms with Gasteiger partial charge in [0.15, 0.2) is 0 Å². The SMILES string of the molecule is CC(=O)N(CC(=O)NC1CCCCCC1)c1ccccc1. The lowest BCUT2D eigenvalue weighted by molar-refractivity contribution is -0.123. The van der Waals surface area contributed by atoms with Crippen LogP contribution in [0.15, 0.2) is 30.3 Å². The van der Waals surface area contributed by atoms with E-state index in [1.807, 2.05) is 30.3 Å². The van der Waals surface area contributed by atoms with Gasteiger partial charge in [-0.3, -0.25) is 9.59 Å². The summed E-state index contributed by atoms with van der Waals surface area (Å²) in [6.07, 6.45) is 6.99. The molecule has 4 heteroatoms. The molecule has 0 aromatic heterocycles. The van der Waals surface area contributed by atoms with Gasteiger partial charge in [0, 0.05) is 18.7 Å². The molecule has 2 rings (SSSR count). The average molecular weight is 288 g/mol.